The Morgan fingerprint density at radius 1 is 1.33 bits per heavy atom. The van der Waals surface area contributed by atoms with E-state index in [0.717, 1.165) is 36.9 Å². The van der Waals surface area contributed by atoms with Gasteiger partial charge in [0, 0.05) is 11.2 Å². The fourth-order valence-corrected chi connectivity index (χ4v) is 2.88. The first kappa shape index (κ1) is 16.0. The summed E-state index contributed by atoms with van der Waals surface area (Å²) >= 11 is 0. The van der Waals surface area contributed by atoms with Gasteiger partial charge in [0.2, 0.25) is 5.91 Å². The van der Waals surface area contributed by atoms with Gasteiger partial charge >= 0.3 is 0 Å². The minimum atomic E-state index is -0.282. The molecule has 0 aromatic heterocycles. The molecule has 1 aromatic carbocycles. The number of anilines is 1. The van der Waals surface area contributed by atoms with Crippen molar-refractivity contribution in [1.29, 1.82) is 0 Å². The summed E-state index contributed by atoms with van der Waals surface area (Å²) in [6, 6.07) is 7.74. The third-order valence-corrected chi connectivity index (χ3v) is 4.58. The van der Waals surface area contributed by atoms with Crippen molar-refractivity contribution >= 4 is 11.6 Å². The Morgan fingerprint density at radius 3 is 2.62 bits per heavy atom. The van der Waals surface area contributed by atoms with Crippen molar-refractivity contribution in [2.75, 3.05) is 18.5 Å². The molecule has 1 amide bonds. The van der Waals surface area contributed by atoms with E-state index in [1.54, 1.807) is 0 Å². The normalized spacial score (nSPS) is 25.6. The van der Waals surface area contributed by atoms with Gasteiger partial charge in [-0.15, -0.1) is 0 Å². The van der Waals surface area contributed by atoms with Crippen molar-refractivity contribution in [3.63, 3.8) is 0 Å². The molecule has 1 aliphatic rings. The molecule has 0 aliphatic heterocycles. The molecule has 0 heterocycles. The zero-order valence-corrected chi connectivity index (χ0v) is 13.0. The van der Waals surface area contributed by atoms with Crippen LogP contribution in [0.4, 0.5) is 5.69 Å². The molecule has 0 radical (unpaired) electrons. The molecule has 0 unspecified atom stereocenters. The molecule has 116 valence electrons. The Balaban J connectivity index is 1.87. The number of carbonyl (C=O) groups is 1. The maximum atomic E-state index is 12.1. The smallest absolute Gasteiger partial charge is 0.238 e. The molecule has 2 rings (SSSR count). The van der Waals surface area contributed by atoms with Crippen LogP contribution in [0, 0.1) is 12.8 Å². The fraction of sp³-hybridized carbons (Fsp3) is 0.588. The number of amides is 1. The van der Waals surface area contributed by atoms with Gasteiger partial charge < -0.3 is 15.7 Å². The second-order valence-electron chi connectivity index (χ2n) is 6.34. The summed E-state index contributed by atoms with van der Waals surface area (Å²) in [5.74, 6) is 0.656. The number of carbonyl (C=O) groups excluding carboxylic acids is 1. The van der Waals surface area contributed by atoms with Crippen molar-refractivity contribution in [2.45, 2.75) is 45.1 Å². The molecule has 0 bridgehead atoms. The van der Waals surface area contributed by atoms with Crippen LogP contribution in [0.1, 0.15) is 38.2 Å². The quantitative estimate of drug-likeness (QED) is 0.780. The SMILES string of the molecule is Cc1ccccc1NC(=O)CNC1(CO)CCC(C)CC1. The molecule has 21 heavy (non-hydrogen) atoms. The first-order valence-electron chi connectivity index (χ1n) is 7.76. The number of aliphatic hydroxyl groups excluding tert-OH is 1. The third-order valence-electron chi connectivity index (χ3n) is 4.58. The third kappa shape index (κ3) is 4.29. The molecule has 0 saturated heterocycles. The van der Waals surface area contributed by atoms with Crippen molar-refractivity contribution in [3.05, 3.63) is 29.8 Å². The van der Waals surface area contributed by atoms with E-state index >= 15 is 0 Å². The average molecular weight is 290 g/mol. The number of benzene rings is 1. The van der Waals surface area contributed by atoms with Gasteiger partial charge in [0.05, 0.1) is 13.2 Å². The van der Waals surface area contributed by atoms with E-state index in [-0.39, 0.29) is 24.6 Å². The largest absolute Gasteiger partial charge is 0.394 e. The van der Waals surface area contributed by atoms with E-state index in [2.05, 4.69) is 17.6 Å². The number of aliphatic hydroxyl groups is 1. The van der Waals surface area contributed by atoms with Crippen LogP contribution in [0.2, 0.25) is 0 Å². The molecule has 1 aromatic rings. The van der Waals surface area contributed by atoms with E-state index in [1.165, 1.54) is 0 Å². The summed E-state index contributed by atoms with van der Waals surface area (Å²) in [6.45, 7) is 4.55. The topological polar surface area (TPSA) is 61.4 Å². The molecule has 1 aliphatic carbocycles. The lowest BCUT2D eigenvalue weighted by Gasteiger charge is -2.38. The van der Waals surface area contributed by atoms with Crippen molar-refractivity contribution < 1.29 is 9.90 Å². The summed E-state index contributed by atoms with van der Waals surface area (Å²) in [5.41, 5.74) is 1.61. The summed E-state index contributed by atoms with van der Waals surface area (Å²) in [6.07, 6.45) is 4.07. The van der Waals surface area contributed by atoms with E-state index < -0.39 is 0 Å². The van der Waals surface area contributed by atoms with Crippen LogP contribution >= 0.6 is 0 Å². The molecule has 4 nitrogen and oxygen atoms in total. The van der Waals surface area contributed by atoms with Gasteiger partial charge in [0.1, 0.15) is 0 Å². The molecular weight excluding hydrogens is 264 g/mol. The zero-order valence-electron chi connectivity index (χ0n) is 13.0. The lowest BCUT2D eigenvalue weighted by Crippen LogP contribution is -2.53. The van der Waals surface area contributed by atoms with Gasteiger partial charge in [0.15, 0.2) is 0 Å². The lowest BCUT2D eigenvalue weighted by atomic mass is 9.77. The number of hydrogen-bond donors (Lipinski definition) is 3. The Morgan fingerprint density at radius 2 is 2.00 bits per heavy atom. The van der Waals surface area contributed by atoms with E-state index in [1.807, 2.05) is 31.2 Å². The highest BCUT2D eigenvalue weighted by Crippen LogP contribution is 2.31. The monoisotopic (exact) mass is 290 g/mol. The highest BCUT2D eigenvalue weighted by molar-refractivity contribution is 5.92. The van der Waals surface area contributed by atoms with Crippen molar-refractivity contribution in [3.8, 4) is 0 Å². The maximum Gasteiger partial charge on any atom is 0.238 e. The highest BCUT2D eigenvalue weighted by atomic mass is 16.3. The molecule has 0 atom stereocenters. The predicted molar refractivity (Wildman–Crippen MR) is 85.3 cm³/mol. The van der Waals surface area contributed by atoms with Gasteiger partial charge in [-0.3, -0.25) is 4.79 Å². The standard InChI is InChI=1S/C17H26N2O2/c1-13-7-9-17(12-20,10-8-13)18-11-16(21)19-15-6-4-3-5-14(15)2/h3-6,13,18,20H,7-12H2,1-2H3,(H,19,21). The summed E-state index contributed by atoms with van der Waals surface area (Å²) in [7, 11) is 0. The van der Waals surface area contributed by atoms with E-state index in [4.69, 9.17) is 0 Å². The Hall–Kier alpha value is -1.39. The Labute approximate surface area is 126 Å². The van der Waals surface area contributed by atoms with Gasteiger partial charge in [-0.25, -0.2) is 0 Å². The second-order valence-corrected chi connectivity index (χ2v) is 6.34. The van der Waals surface area contributed by atoms with Crippen LogP contribution in [-0.4, -0.2) is 29.7 Å². The predicted octanol–water partition coefficient (Wildman–Crippen LogP) is 2.46. The number of aryl methyl sites for hydroxylation is 1. The summed E-state index contributed by atoms with van der Waals surface area (Å²) < 4.78 is 0. The molecule has 3 N–H and O–H groups in total. The van der Waals surface area contributed by atoms with Crippen molar-refractivity contribution in [2.24, 2.45) is 5.92 Å². The Kier molecular flexibility index (Phi) is 5.37. The maximum absolute atomic E-state index is 12.1. The molecule has 4 heteroatoms. The van der Waals surface area contributed by atoms with Crippen LogP contribution in [0.3, 0.4) is 0 Å². The van der Waals surface area contributed by atoms with Crippen LogP contribution in [0.5, 0.6) is 0 Å². The zero-order chi connectivity index (χ0) is 15.3. The van der Waals surface area contributed by atoms with Gasteiger partial charge in [-0.2, -0.15) is 0 Å². The molecular formula is C17H26N2O2. The molecule has 1 saturated carbocycles. The highest BCUT2D eigenvalue weighted by Gasteiger charge is 2.33. The van der Waals surface area contributed by atoms with Gasteiger partial charge in [-0.05, 0) is 50.2 Å². The lowest BCUT2D eigenvalue weighted by molar-refractivity contribution is -0.116. The number of hydrogen-bond acceptors (Lipinski definition) is 3. The minimum absolute atomic E-state index is 0.0595. The van der Waals surface area contributed by atoms with E-state index in [9.17, 15) is 9.90 Å². The first-order valence-corrected chi connectivity index (χ1v) is 7.76. The number of para-hydroxylation sites is 1. The van der Waals surface area contributed by atoms with Crippen LogP contribution in [-0.2, 0) is 4.79 Å². The fourth-order valence-electron chi connectivity index (χ4n) is 2.88. The minimum Gasteiger partial charge on any atom is -0.394 e. The average Bonchev–Trinajstić information content (AvgIpc) is 2.50. The summed E-state index contributed by atoms with van der Waals surface area (Å²) in [5, 5.41) is 15.9. The van der Waals surface area contributed by atoms with E-state index in [0.29, 0.717) is 5.92 Å². The Bertz CT molecular complexity index is 479. The van der Waals surface area contributed by atoms with Gasteiger partial charge in [-0.1, -0.05) is 25.1 Å². The van der Waals surface area contributed by atoms with Crippen LogP contribution < -0.4 is 10.6 Å². The second kappa shape index (κ2) is 7.05. The number of rotatable bonds is 5. The van der Waals surface area contributed by atoms with Crippen molar-refractivity contribution in [1.82, 2.24) is 5.32 Å². The summed E-state index contributed by atoms with van der Waals surface area (Å²) in [4.78, 5) is 12.1. The first-order chi connectivity index (χ1) is 10.0. The molecule has 0 spiro atoms. The van der Waals surface area contributed by atoms with Crippen LogP contribution in [0.15, 0.2) is 24.3 Å². The van der Waals surface area contributed by atoms with Crippen LogP contribution in [0.25, 0.3) is 0 Å². The molecule has 1 fully saturated rings. The number of nitrogens with one attached hydrogen (secondary N) is 2. The van der Waals surface area contributed by atoms with Gasteiger partial charge in [0.25, 0.3) is 0 Å².